The lowest BCUT2D eigenvalue weighted by atomic mass is 10.1. The van der Waals surface area contributed by atoms with Crippen molar-refractivity contribution < 1.29 is 4.74 Å². The first-order valence-corrected chi connectivity index (χ1v) is 8.20. The van der Waals surface area contributed by atoms with Crippen molar-refractivity contribution in [3.05, 3.63) is 71.5 Å². The van der Waals surface area contributed by atoms with Gasteiger partial charge in [-0.15, -0.1) is 0 Å². The smallest absolute Gasteiger partial charge is 0.121 e. The highest BCUT2D eigenvalue weighted by atomic mass is 35.5. The maximum absolute atomic E-state index is 6.56. The van der Waals surface area contributed by atoms with Crippen LogP contribution < -0.4 is 4.74 Å². The summed E-state index contributed by atoms with van der Waals surface area (Å²) in [6, 6.07) is 18.5. The average molecular weight is 337 g/mol. The van der Waals surface area contributed by atoms with E-state index in [0.717, 1.165) is 45.4 Å². The number of hydrogen-bond donors (Lipinski definition) is 0. The normalized spacial score (nSPS) is 11.3. The zero-order valence-corrected chi connectivity index (χ0v) is 14.3. The minimum atomic E-state index is 0.794. The highest BCUT2D eigenvalue weighted by Gasteiger charge is 2.14. The van der Waals surface area contributed by atoms with Gasteiger partial charge < -0.3 is 4.74 Å². The molecule has 2 aromatic carbocycles. The SMILES string of the molecule is COc1ccc2c3cc(Cc4ccccc4)nc(C)c3n(Cl)c2c1. The first-order chi connectivity index (χ1) is 11.7. The van der Waals surface area contributed by atoms with Gasteiger partial charge in [-0.05, 0) is 30.7 Å². The van der Waals surface area contributed by atoms with Gasteiger partial charge >= 0.3 is 0 Å². The summed E-state index contributed by atoms with van der Waals surface area (Å²) >= 11 is 6.56. The van der Waals surface area contributed by atoms with Gasteiger partial charge in [-0.2, -0.15) is 0 Å². The second kappa shape index (κ2) is 5.84. The van der Waals surface area contributed by atoms with E-state index >= 15 is 0 Å². The molecule has 4 rings (SSSR count). The second-order valence-electron chi connectivity index (χ2n) is 5.92. The Hall–Kier alpha value is -2.52. The fraction of sp³-hybridized carbons (Fsp3) is 0.150. The molecule has 0 saturated heterocycles. The number of fused-ring (bicyclic) bond motifs is 3. The standard InChI is InChI=1S/C20H17ClN2O/c1-13-20-18(11-15(22-13)10-14-6-4-3-5-7-14)17-9-8-16(24-2)12-19(17)23(20)21/h3-9,11-12H,10H2,1-2H3. The van der Waals surface area contributed by atoms with Crippen LogP contribution in [0.3, 0.4) is 0 Å². The predicted octanol–water partition coefficient (Wildman–Crippen LogP) is 5.10. The Balaban J connectivity index is 1.92. The lowest BCUT2D eigenvalue weighted by molar-refractivity contribution is 0.415. The molecule has 0 spiro atoms. The van der Waals surface area contributed by atoms with Gasteiger partial charge in [0.15, 0.2) is 0 Å². The number of rotatable bonds is 3. The van der Waals surface area contributed by atoms with Crippen molar-refractivity contribution in [2.45, 2.75) is 13.3 Å². The van der Waals surface area contributed by atoms with Gasteiger partial charge in [-0.3, -0.25) is 9.07 Å². The highest BCUT2D eigenvalue weighted by Crippen LogP contribution is 2.34. The lowest BCUT2D eigenvalue weighted by Crippen LogP contribution is -1.96. The molecule has 0 saturated carbocycles. The molecular formula is C20H17ClN2O. The Kier molecular flexibility index (Phi) is 3.66. The fourth-order valence-corrected chi connectivity index (χ4v) is 3.58. The molecule has 4 aromatic rings. The number of pyridine rings is 1. The Bertz CT molecular complexity index is 1040. The van der Waals surface area contributed by atoms with Gasteiger partial charge in [-0.25, -0.2) is 0 Å². The van der Waals surface area contributed by atoms with Crippen molar-refractivity contribution in [1.29, 1.82) is 0 Å². The van der Waals surface area contributed by atoms with Crippen LogP contribution in [0.1, 0.15) is 17.0 Å². The van der Waals surface area contributed by atoms with Crippen LogP contribution in [0.25, 0.3) is 21.8 Å². The second-order valence-corrected chi connectivity index (χ2v) is 6.26. The Morgan fingerprint density at radius 1 is 1.04 bits per heavy atom. The van der Waals surface area contributed by atoms with Gasteiger partial charge in [0.05, 0.1) is 23.8 Å². The molecule has 0 N–H and O–H groups in total. The van der Waals surface area contributed by atoms with Crippen LogP contribution in [0.5, 0.6) is 5.75 Å². The molecule has 0 radical (unpaired) electrons. The van der Waals surface area contributed by atoms with Crippen molar-refractivity contribution in [3.63, 3.8) is 0 Å². The van der Waals surface area contributed by atoms with E-state index in [-0.39, 0.29) is 0 Å². The largest absolute Gasteiger partial charge is 0.497 e. The van der Waals surface area contributed by atoms with Crippen LogP contribution in [0.15, 0.2) is 54.6 Å². The number of ether oxygens (including phenoxy) is 1. The van der Waals surface area contributed by atoms with Crippen molar-refractivity contribution in [2.24, 2.45) is 0 Å². The molecule has 0 aliphatic carbocycles. The van der Waals surface area contributed by atoms with Crippen LogP contribution in [0.4, 0.5) is 0 Å². The van der Waals surface area contributed by atoms with Crippen molar-refractivity contribution in [2.75, 3.05) is 7.11 Å². The first-order valence-electron chi connectivity index (χ1n) is 7.86. The minimum absolute atomic E-state index is 0.794. The summed E-state index contributed by atoms with van der Waals surface area (Å²) in [5, 5.41) is 2.24. The van der Waals surface area contributed by atoms with E-state index in [1.165, 1.54) is 5.56 Å². The molecule has 0 fully saturated rings. The molecular weight excluding hydrogens is 320 g/mol. The van der Waals surface area contributed by atoms with Crippen molar-refractivity contribution >= 4 is 33.6 Å². The molecule has 24 heavy (non-hydrogen) atoms. The molecule has 0 bridgehead atoms. The molecule has 0 amide bonds. The number of hydrogen-bond acceptors (Lipinski definition) is 2. The van der Waals surface area contributed by atoms with Gasteiger partial charge in [0.25, 0.3) is 0 Å². The zero-order valence-electron chi connectivity index (χ0n) is 13.6. The maximum Gasteiger partial charge on any atom is 0.121 e. The molecule has 0 aliphatic heterocycles. The molecule has 3 nitrogen and oxygen atoms in total. The number of aryl methyl sites for hydroxylation is 1. The Morgan fingerprint density at radius 3 is 2.58 bits per heavy atom. The van der Waals surface area contributed by atoms with Crippen LogP contribution >= 0.6 is 11.8 Å². The third-order valence-electron chi connectivity index (χ3n) is 4.35. The van der Waals surface area contributed by atoms with Crippen LogP contribution in [0, 0.1) is 6.92 Å². The van der Waals surface area contributed by atoms with Gasteiger partial charge in [0.2, 0.25) is 0 Å². The van der Waals surface area contributed by atoms with E-state index < -0.39 is 0 Å². The quantitative estimate of drug-likeness (QED) is 0.520. The molecule has 120 valence electrons. The fourth-order valence-electron chi connectivity index (χ4n) is 3.23. The summed E-state index contributed by atoms with van der Waals surface area (Å²) in [4.78, 5) is 4.76. The molecule has 2 aromatic heterocycles. The van der Waals surface area contributed by atoms with Crippen LogP contribution in [0.2, 0.25) is 0 Å². The van der Waals surface area contributed by atoms with Crippen LogP contribution in [-0.2, 0) is 6.42 Å². The van der Waals surface area contributed by atoms with Gasteiger partial charge in [-0.1, -0.05) is 30.3 Å². The summed E-state index contributed by atoms with van der Waals surface area (Å²) in [5.74, 6) is 0.794. The third kappa shape index (κ3) is 2.42. The van der Waals surface area contributed by atoms with Gasteiger partial charge in [0, 0.05) is 40.7 Å². The predicted molar refractivity (Wildman–Crippen MR) is 99.0 cm³/mol. The van der Waals surface area contributed by atoms with E-state index in [9.17, 15) is 0 Å². The summed E-state index contributed by atoms with van der Waals surface area (Å²) in [6.45, 7) is 2.01. The van der Waals surface area contributed by atoms with E-state index in [2.05, 4.69) is 36.4 Å². The molecule has 0 aliphatic rings. The summed E-state index contributed by atoms with van der Waals surface area (Å²) < 4.78 is 7.00. The van der Waals surface area contributed by atoms with Crippen LogP contribution in [-0.4, -0.2) is 16.2 Å². The lowest BCUT2D eigenvalue weighted by Gasteiger charge is -2.05. The minimum Gasteiger partial charge on any atom is -0.497 e. The van der Waals surface area contributed by atoms with Gasteiger partial charge in [0.1, 0.15) is 5.75 Å². The van der Waals surface area contributed by atoms with Crippen molar-refractivity contribution in [3.8, 4) is 5.75 Å². The third-order valence-corrected chi connectivity index (χ3v) is 4.70. The summed E-state index contributed by atoms with van der Waals surface area (Å²) in [6.07, 6.45) is 0.808. The number of halogens is 1. The number of methoxy groups -OCH3 is 1. The van der Waals surface area contributed by atoms with E-state index in [1.807, 2.05) is 25.1 Å². The van der Waals surface area contributed by atoms with E-state index in [4.69, 9.17) is 21.5 Å². The molecule has 0 atom stereocenters. The maximum atomic E-state index is 6.56. The Labute approximate surface area is 145 Å². The summed E-state index contributed by atoms with van der Waals surface area (Å²) in [5.41, 5.74) is 5.12. The van der Waals surface area contributed by atoms with Crippen molar-refractivity contribution in [1.82, 2.24) is 9.07 Å². The average Bonchev–Trinajstić information content (AvgIpc) is 2.88. The molecule has 0 unspecified atom stereocenters. The number of nitrogens with zero attached hydrogens (tertiary/aromatic N) is 2. The summed E-state index contributed by atoms with van der Waals surface area (Å²) in [7, 11) is 1.66. The first kappa shape index (κ1) is 15.0. The monoisotopic (exact) mass is 336 g/mol. The number of aromatic nitrogens is 2. The molecule has 2 heterocycles. The number of benzene rings is 2. The van der Waals surface area contributed by atoms with E-state index in [0.29, 0.717) is 0 Å². The highest BCUT2D eigenvalue weighted by molar-refractivity contribution is 6.26. The topological polar surface area (TPSA) is 27.1 Å². The Morgan fingerprint density at radius 2 is 1.83 bits per heavy atom. The zero-order chi connectivity index (χ0) is 16.7. The molecule has 4 heteroatoms. The van der Waals surface area contributed by atoms with E-state index in [1.54, 1.807) is 11.2 Å².